The second kappa shape index (κ2) is 11.1. The lowest BCUT2D eigenvalue weighted by Crippen LogP contribution is -2.45. The second-order valence-electron chi connectivity index (χ2n) is 6.56. The summed E-state index contributed by atoms with van der Waals surface area (Å²) in [5.74, 6) is 1.44. The summed E-state index contributed by atoms with van der Waals surface area (Å²) >= 11 is 3.20. The largest absolute Gasteiger partial charge is 0.450 e. The zero-order valence-electron chi connectivity index (χ0n) is 16.0. The zero-order valence-corrected chi connectivity index (χ0v) is 17.6. The van der Waals surface area contributed by atoms with Gasteiger partial charge in [-0.1, -0.05) is 26.0 Å². The van der Waals surface area contributed by atoms with Gasteiger partial charge in [0.1, 0.15) is 5.01 Å². The maximum absolute atomic E-state index is 12.1. The van der Waals surface area contributed by atoms with Crippen molar-refractivity contribution in [3.63, 3.8) is 0 Å². The number of hydrogen-bond acceptors (Lipinski definition) is 6. The molecule has 1 heterocycles. The quantitative estimate of drug-likeness (QED) is 0.624. The van der Waals surface area contributed by atoms with Crippen LogP contribution < -0.4 is 10.6 Å². The molecule has 0 saturated carbocycles. The van der Waals surface area contributed by atoms with Gasteiger partial charge in [-0.2, -0.15) is 0 Å². The summed E-state index contributed by atoms with van der Waals surface area (Å²) in [5.41, 5.74) is 1.00. The minimum atomic E-state index is -0.442. The molecule has 27 heavy (non-hydrogen) atoms. The predicted octanol–water partition coefficient (Wildman–Crippen LogP) is 3.81. The molecule has 148 valence electrons. The summed E-state index contributed by atoms with van der Waals surface area (Å²) in [5, 5.41) is 6.74. The maximum atomic E-state index is 12.1. The van der Waals surface area contributed by atoms with Crippen molar-refractivity contribution in [3.8, 4) is 0 Å². The predicted molar refractivity (Wildman–Crippen MR) is 112 cm³/mol. The van der Waals surface area contributed by atoms with Crippen LogP contribution in [0.3, 0.4) is 0 Å². The van der Waals surface area contributed by atoms with Gasteiger partial charge in [0.2, 0.25) is 5.91 Å². The number of thioether (sulfide) groups is 1. The molecule has 0 bridgehead atoms. The van der Waals surface area contributed by atoms with Crippen molar-refractivity contribution in [1.82, 2.24) is 15.6 Å². The molecule has 1 aromatic carbocycles. The van der Waals surface area contributed by atoms with E-state index in [1.54, 1.807) is 30.0 Å². The Morgan fingerprint density at radius 1 is 1.30 bits per heavy atom. The molecular weight excluding hydrogens is 382 g/mol. The van der Waals surface area contributed by atoms with E-state index in [9.17, 15) is 9.59 Å². The molecule has 1 atom stereocenters. The molecule has 1 unspecified atom stereocenters. The molecule has 0 saturated heterocycles. The number of carbonyl (C=O) groups is 2. The van der Waals surface area contributed by atoms with Crippen LogP contribution in [0.15, 0.2) is 24.3 Å². The fourth-order valence-corrected chi connectivity index (χ4v) is 4.48. The van der Waals surface area contributed by atoms with E-state index in [1.807, 2.05) is 18.2 Å². The fourth-order valence-electron chi connectivity index (χ4n) is 2.60. The number of nitrogens with zero attached hydrogens (tertiary/aromatic N) is 1. The van der Waals surface area contributed by atoms with Crippen molar-refractivity contribution in [3.05, 3.63) is 29.3 Å². The Labute approximate surface area is 168 Å². The SMILES string of the molecule is CCOC(=O)NC(CNC(=O)CSCc1nc2ccccc2s1)CC(C)C. The van der Waals surface area contributed by atoms with Crippen LogP contribution in [-0.2, 0) is 15.3 Å². The van der Waals surface area contributed by atoms with E-state index in [4.69, 9.17) is 4.74 Å². The van der Waals surface area contributed by atoms with Crippen molar-refractivity contribution in [1.29, 1.82) is 0 Å². The molecule has 1 aromatic heterocycles. The average molecular weight is 410 g/mol. The van der Waals surface area contributed by atoms with Crippen LogP contribution in [0.25, 0.3) is 10.2 Å². The van der Waals surface area contributed by atoms with Crippen molar-refractivity contribution in [2.75, 3.05) is 18.9 Å². The summed E-state index contributed by atoms with van der Waals surface area (Å²) in [6.07, 6.45) is 0.334. The van der Waals surface area contributed by atoms with Gasteiger partial charge >= 0.3 is 6.09 Å². The molecule has 2 N–H and O–H groups in total. The van der Waals surface area contributed by atoms with Crippen LogP contribution in [0, 0.1) is 5.92 Å². The van der Waals surface area contributed by atoms with Gasteiger partial charge in [0.15, 0.2) is 0 Å². The fraction of sp³-hybridized carbons (Fsp3) is 0.526. The standard InChI is InChI=1S/C19H27N3O3S2/c1-4-25-19(24)21-14(9-13(2)3)10-20-17(23)11-26-12-18-22-15-7-5-6-8-16(15)27-18/h5-8,13-14H,4,9-12H2,1-3H3,(H,20,23)(H,21,24). The number of para-hydroxylation sites is 1. The molecule has 8 heteroatoms. The monoisotopic (exact) mass is 409 g/mol. The Balaban J connectivity index is 1.73. The van der Waals surface area contributed by atoms with Gasteiger partial charge in [-0.25, -0.2) is 9.78 Å². The Bertz CT molecular complexity index is 716. The average Bonchev–Trinajstić information content (AvgIpc) is 3.02. The summed E-state index contributed by atoms with van der Waals surface area (Å²) in [6.45, 7) is 6.65. The van der Waals surface area contributed by atoms with Gasteiger partial charge < -0.3 is 15.4 Å². The van der Waals surface area contributed by atoms with Crippen LogP contribution >= 0.6 is 23.1 Å². The third kappa shape index (κ3) is 7.76. The smallest absolute Gasteiger partial charge is 0.407 e. The molecule has 2 amide bonds. The maximum Gasteiger partial charge on any atom is 0.407 e. The third-order valence-corrected chi connectivity index (χ3v) is 5.86. The first-order chi connectivity index (χ1) is 13.0. The first kappa shape index (κ1) is 21.5. The number of amides is 2. The Kier molecular flexibility index (Phi) is 8.87. The van der Waals surface area contributed by atoms with Gasteiger partial charge in [-0.15, -0.1) is 23.1 Å². The van der Waals surface area contributed by atoms with E-state index in [1.165, 1.54) is 4.70 Å². The summed E-state index contributed by atoms with van der Waals surface area (Å²) < 4.78 is 6.09. The molecule has 6 nitrogen and oxygen atoms in total. The van der Waals surface area contributed by atoms with Crippen molar-refractivity contribution in [2.24, 2.45) is 5.92 Å². The molecule has 0 radical (unpaired) electrons. The molecular formula is C19H27N3O3S2. The number of nitrogens with one attached hydrogen (secondary N) is 2. The number of benzene rings is 1. The lowest BCUT2D eigenvalue weighted by atomic mass is 10.0. The lowest BCUT2D eigenvalue weighted by Gasteiger charge is -2.20. The van der Waals surface area contributed by atoms with Crippen LogP contribution in [0.5, 0.6) is 0 Å². The molecule has 0 aliphatic carbocycles. The normalized spacial score (nSPS) is 12.1. The number of aromatic nitrogens is 1. The Morgan fingerprint density at radius 3 is 2.78 bits per heavy atom. The van der Waals surface area contributed by atoms with Crippen molar-refractivity contribution in [2.45, 2.75) is 39.0 Å². The van der Waals surface area contributed by atoms with Crippen LogP contribution in [0.4, 0.5) is 4.79 Å². The van der Waals surface area contributed by atoms with Crippen LogP contribution in [0.1, 0.15) is 32.2 Å². The second-order valence-corrected chi connectivity index (χ2v) is 8.66. The highest BCUT2D eigenvalue weighted by molar-refractivity contribution is 7.99. The lowest BCUT2D eigenvalue weighted by molar-refractivity contribution is -0.118. The van der Waals surface area contributed by atoms with E-state index in [0.29, 0.717) is 30.6 Å². The molecule has 2 aromatic rings. The Hall–Kier alpha value is -1.80. The third-order valence-electron chi connectivity index (χ3n) is 3.70. The number of hydrogen-bond donors (Lipinski definition) is 2. The van der Waals surface area contributed by atoms with Crippen molar-refractivity contribution >= 4 is 45.3 Å². The summed E-state index contributed by atoms with van der Waals surface area (Å²) in [4.78, 5) is 28.3. The van der Waals surface area contributed by atoms with Gasteiger partial charge in [0.05, 0.1) is 22.6 Å². The minimum Gasteiger partial charge on any atom is -0.450 e. The number of fused-ring (bicyclic) bond motifs is 1. The Morgan fingerprint density at radius 2 is 2.07 bits per heavy atom. The molecule has 0 aliphatic heterocycles. The minimum absolute atomic E-state index is 0.0412. The molecule has 2 rings (SSSR count). The number of thiazole rings is 1. The van der Waals surface area contributed by atoms with Gasteiger partial charge in [-0.3, -0.25) is 4.79 Å². The number of rotatable bonds is 10. The first-order valence-corrected chi connectivity index (χ1v) is 11.1. The molecule has 0 spiro atoms. The topological polar surface area (TPSA) is 80.3 Å². The highest BCUT2D eigenvalue weighted by Crippen LogP contribution is 2.24. The van der Waals surface area contributed by atoms with Gasteiger partial charge in [0, 0.05) is 18.3 Å². The van der Waals surface area contributed by atoms with Crippen LogP contribution in [-0.4, -0.2) is 41.9 Å². The van der Waals surface area contributed by atoms with E-state index >= 15 is 0 Å². The number of carbonyl (C=O) groups excluding carboxylic acids is 2. The molecule has 0 aliphatic rings. The van der Waals surface area contributed by atoms with Gasteiger partial charge in [-0.05, 0) is 31.4 Å². The van der Waals surface area contributed by atoms with E-state index in [0.717, 1.165) is 16.9 Å². The summed E-state index contributed by atoms with van der Waals surface area (Å²) in [7, 11) is 0. The first-order valence-electron chi connectivity index (χ1n) is 9.10. The highest BCUT2D eigenvalue weighted by atomic mass is 32.2. The van der Waals surface area contributed by atoms with Crippen molar-refractivity contribution < 1.29 is 14.3 Å². The van der Waals surface area contributed by atoms with Crippen LogP contribution in [0.2, 0.25) is 0 Å². The van der Waals surface area contributed by atoms with E-state index < -0.39 is 6.09 Å². The number of alkyl carbamates (subject to hydrolysis) is 1. The van der Waals surface area contributed by atoms with E-state index in [-0.39, 0.29) is 11.9 Å². The van der Waals surface area contributed by atoms with E-state index in [2.05, 4.69) is 35.5 Å². The number of ether oxygens (including phenoxy) is 1. The zero-order chi connectivity index (χ0) is 19.6. The highest BCUT2D eigenvalue weighted by Gasteiger charge is 2.16. The summed E-state index contributed by atoms with van der Waals surface area (Å²) in [6, 6.07) is 7.90. The molecule has 0 fully saturated rings. The van der Waals surface area contributed by atoms with Gasteiger partial charge in [0.25, 0.3) is 0 Å².